The van der Waals surface area contributed by atoms with E-state index in [-0.39, 0.29) is 5.78 Å². The van der Waals surface area contributed by atoms with Gasteiger partial charge in [0, 0.05) is 13.0 Å². The summed E-state index contributed by atoms with van der Waals surface area (Å²) in [6.07, 6.45) is 1.48. The molecule has 3 heteroatoms. The Morgan fingerprint density at radius 2 is 2.50 bits per heavy atom. The van der Waals surface area contributed by atoms with Crippen LogP contribution in [0.25, 0.3) is 0 Å². The van der Waals surface area contributed by atoms with Crippen LogP contribution in [0, 0.1) is 0 Å². The Bertz CT molecular complexity index is 155. The van der Waals surface area contributed by atoms with Crippen molar-refractivity contribution in [1.82, 2.24) is 5.32 Å². The van der Waals surface area contributed by atoms with Gasteiger partial charge in [0.1, 0.15) is 5.60 Å². The minimum atomic E-state index is -0.403. The second kappa shape index (κ2) is 2.04. The van der Waals surface area contributed by atoms with Gasteiger partial charge >= 0.3 is 0 Å². The molecule has 0 radical (unpaired) electrons. The van der Waals surface area contributed by atoms with Gasteiger partial charge in [-0.3, -0.25) is 4.79 Å². The van der Waals surface area contributed by atoms with Crippen LogP contribution in [0.2, 0.25) is 0 Å². The molecule has 2 saturated heterocycles. The van der Waals surface area contributed by atoms with Crippen molar-refractivity contribution in [3.8, 4) is 0 Å². The largest absolute Gasteiger partial charge is 0.365 e. The maximum atomic E-state index is 11.2. The van der Waals surface area contributed by atoms with Crippen molar-refractivity contribution >= 4 is 5.78 Å². The molecule has 2 aliphatic rings. The van der Waals surface area contributed by atoms with E-state index in [9.17, 15) is 4.79 Å². The van der Waals surface area contributed by atoms with Gasteiger partial charge in [0.15, 0.2) is 5.78 Å². The van der Waals surface area contributed by atoms with E-state index in [0.717, 1.165) is 19.5 Å². The van der Waals surface area contributed by atoms with E-state index in [1.165, 1.54) is 0 Å². The summed E-state index contributed by atoms with van der Waals surface area (Å²) in [4.78, 5) is 11.2. The van der Waals surface area contributed by atoms with Gasteiger partial charge in [0.2, 0.25) is 0 Å². The minimum absolute atomic E-state index is 0.289. The second-order valence-corrected chi connectivity index (χ2v) is 2.94. The molecule has 1 spiro atoms. The maximum Gasteiger partial charge on any atom is 0.168 e. The lowest BCUT2D eigenvalue weighted by Gasteiger charge is -2.17. The molecule has 10 heavy (non-hydrogen) atoms. The zero-order valence-electron chi connectivity index (χ0n) is 5.85. The molecule has 0 aliphatic carbocycles. The first kappa shape index (κ1) is 6.31. The fraction of sp³-hybridized carbons (Fsp3) is 0.857. The highest BCUT2D eigenvalue weighted by molar-refractivity contribution is 5.89. The number of ether oxygens (including phenoxy) is 1. The molecule has 2 rings (SSSR count). The van der Waals surface area contributed by atoms with E-state index in [1.807, 2.05) is 0 Å². The number of rotatable bonds is 0. The summed E-state index contributed by atoms with van der Waals surface area (Å²) in [6.45, 7) is 2.28. The van der Waals surface area contributed by atoms with Crippen molar-refractivity contribution in [2.24, 2.45) is 0 Å². The third kappa shape index (κ3) is 0.707. The zero-order chi connectivity index (χ0) is 7.03. The fourth-order valence-corrected chi connectivity index (χ4v) is 1.68. The van der Waals surface area contributed by atoms with E-state index >= 15 is 0 Å². The maximum absolute atomic E-state index is 11.2. The monoisotopic (exact) mass is 141 g/mol. The molecule has 2 heterocycles. The normalized spacial score (nSPS) is 39.8. The third-order valence-corrected chi connectivity index (χ3v) is 2.33. The molecular weight excluding hydrogens is 130 g/mol. The molecular formula is C7H11NO2. The van der Waals surface area contributed by atoms with Crippen LogP contribution in [0.5, 0.6) is 0 Å². The molecule has 2 fully saturated rings. The lowest BCUT2D eigenvalue weighted by Crippen LogP contribution is -2.37. The van der Waals surface area contributed by atoms with E-state index in [0.29, 0.717) is 13.0 Å². The molecule has 3 nitrogen and oxygen atoms in total. The summed E-state index contributed by atoms with van der Waals surface area (Å²) >= 11 is 0. The highest BCUT2D eigenvalue weighted by Crippen LogP contribution is 2.27. The van der Waals surface area contributed by atoms with E-state index in [1.54, 1.807) is 0 Å². The highest BCUT2D eigenvalue weighted by atomic mass is 16.5. The molecule has 0 saturated carbocycles. The molecule has 1 unspecified atom stereocenters. The Labute approximate surface area is 59.7 Å². The van der Waals surface area contributed by atoms with Crippen LogP contribution in [0.1, 0.15) is 12.8 Å². The zero-order valence-corrected chi connectivity index (χ0v) is 5.85. The van der Waals surface area contributed by atoms with Gasteiger partial charge < -0.3 is 10.1 Å². The quantitative estimate of drug-likeness (QED) is 0.503. The number of hydrogen-bond acceptors (Lipinski definition) is 3. The van der Waals surface area contributed by atoms with Crippen LogP contribution in [0.15, 0.2) is 0 Å². The summed E-state index contributed by atoms with van der Waals surface area (Å²) in [6, 6.07) is 0. The number of nitrogens with one attached hydrogen (secondary N) is 1. The van der Waals surface area contributed by atoms with Gasteiger partial charge in [-0.25, -0.2) is 0 Å². The standard InChI is InChI=1S/C7H11NO2/c9-6-1-4-10-7(6)2-3-8-5-7/h8H,1-5H2. The Kier molecular flexibility index (Phi) is 1.28. The lowest BCUT2D eigenvalue weighted by molar-refractivity contribution is -0.129. The topological polar surface area (TPSA) is 38.3 Å². The first-order valence-corrected chi connectivity index (χ1v) is 3.71. The number of carbonyl (C=O) groups excluding carboxylic acids is 1. The Morgan fingerprint density at radius 1 is 1.60 bits per heavy atom. The lowest BCUT2D eigenvalue weighted by atomic mass is 9.98. The van der Waals surface area contributed by atoms with Crippen molar-refractivity contribution in [3.05, 3.63) is 0 Å². The fourth-order valence-electron chi connectivity index (χ4n) is 1.68. The van der Waals surface area contributed by atoms with Crippen molar-refractivity contribution in [2.75, 3.05) is 19.7 Å². The molecule has 0 aromatic rings. The Morgan fingerprint density at radius 3 is 3.00 bits per heavy atom. The van der Waals surface area contributed by atoms with Crippen LogP contribution in [-0.2, 0) is 9.53 Å². The Balaban J connectivity index is 2.19. The number of Topliss-reactive ketones (excluding diaryl/α,β-unsaturated/α-hetero) is 1. The van der Waals surface area contributed by atoms with E-state index in [4.69, 9.17) is 4.74 Å². The highest BCUT2D eigenvalue weighted by Gasteiger charge is 2.45. The van der Waals surface area contributed by atoms with Gasteiger partial charge in [-0.05, 0) is 13.0 Å². The number of carbonyl (C=O) groups is 1. The molecule has 56 valence electrons. The van der Waals surface area contributed by atoms with E-state index in [2.05, 4.69) is 5.32 Å². The molecule has 1 N–H and O–H groups in total. The van der Waals surface area contributed by atoms with Crippen molar-refractivity contribution in [1.29, 1.82) is 0 Å². The van der Waals surface area contributed by atoms with Crippen molar-refractivity contribution in [3.63, 3.8) is 0 Å². The van der Waals surface area contributed by atoms with Crippen molar-refractivity contribution in [2.45, 2.75) is 18.4 Å². The average Bonchev–Trinajstić information content (AvgIpc) is 2.48. The summed E-state index contributed by atoms with van der Waals surface area (Å²) < 4.78 is 5.40. The van der Waals surface area contributed by atoms with E-state index < -0.39 is 5.60 Å². The van der Waals surface area contributed by atoms with Gasteiger partial charge in [0.05, 0.1) is 6.61 Å². The van der Waals surface area contributed by atoms with Crippen LogP contribution in [-0.4, -0.2) is 31.1 Å². The van der Waals surface area contributed by atoms with Crippen LogP contribution < -0.4 is 5.32 Å². The smallest absolute Gasteiger partial charge is 0.168 e. The number of hydrogen-bond donors (Lipinski definition) is 1. The first-order chi connectivity index (χ1) is 4.83. The average molecular weight is 141 g/mol. The van der Waals surface area contributed by atoms with Gasteiger partial charge in [-0.1, -0.05) is 0 Å². The van der Waals surface area contributed by atoms with Crippen molar-refractivity contribution < 1.29 is 9.53 Å². The Hall–Kier alpha value is -0.410. The molecule has 0 amide bonds. The molecule has 2 aliphatic heterocycles. The van der Waals surface area contributed by atoms with Crippen LogP contribution >= 0.6 is 0 Å². The second-order valence-electron chi connectivity index (χ2n) is 2.94. The van der Waals surface area contributed by atoms with Gasteiger partial charge in [-0.2, -0.15) is 0 Å². The SMILES string of the molecule is O=C1CCOC12CCNC2. The van der Waals surface area contributed by atoms with Gasteiger partial charge in [0.25, 0.3) is 0 Å². The molecule has 0 bridgehead atoms. The molecule has 1 atom stereocenters. The summed E-state index contributed by atoms with van der Waals surface area (Å²) in [5, 5.41) is 3.14. The van der Waals surface area contributed by atoms with Gasteiger partial charge in [-0.15, -0.1) is 0 Å². The predicted octanol–water partition coefficient (Wildman–Crippen LogP) is -0.292. The third-order valence-electron chi connectivity index (χ3n) is 2.33. The van der Waals surface area contributed by atoms with Crippen LogP contribution in [0.3, 0.4) is 0 Å². The molecule has 0 aromatic carbocycles. The summed E-state index contributed by atoms with van der Waals surface area (Å²) in [5.74, 6) is 0.289. The van der Waals surface area contributed by atoms with Crippen LogP contribution in [0.4, 0.5) is 0 Å². The number of ketones is 1. The summed E-state index contributed by atoms with van der Waals surface area (Å²) in [5.41, 5.74) is -0.403. The predicted molar refractivity (Wildman–Crippen MR) is 35.8 cm³/mol. The summed E-state index contributed by atoms with van der Waals surface area (Å²) in [7, 11) is 0. The first-order valence-electron chi connectivity index (χ1n) is 3.71. The molecule has 0 aromatic heterocycles. The minimum Gasteiger partial charge on any atom is -0.365 e.